The van der Waals surface area contributed by atoms with Crippen LogP contribution in [-0.4, -0.2) is 12.6 Å². The predicted octanol–water partition coefficient (Wildman–Crippen LogP) is 3.38. The third kappa shape index (κ3) is 3.92. The zero-order valence-electron chi connectivity index (χ0n) is 10.1. The standard InChI is InChI=1S/C13H21NO/c1-5-8-14-12(4)10(2)9-13-7-6-11(3)15-13/h6-7,9,12,14H,5,8H2,1-4H3/b10-9+. The fourth-order valence-corrected chi connectivity index (χ4v) is 1.40. The molecular formula is C13H21NO. The van der Waals surface area contributed by atoms with Crippen molar-refractivity contribution < 1.29 is 4.42 Å². The molecule has 0 spiro atoms. The van der Waals surface area contributed by atoms with Crippen molar-refractivity contribution >= 4 is 6.08 Å². The molecule has 1 aromatic rings. The van der Waals surface area contributed by atoms with Crippen LogP contribution in [0, 0.1) is 6.92 Å². The van der Waals surface area contributed by atoms with Gasteiger partial charge in [0.1, 0.15) is 11.5 Å². The molecule has 0 aliphatic heterocycles. The van der Waals surface area contributed by atoms with Crippen LogP contribution in [-0.2, 0) is 0 Å². The lowest BCUT2D eigenvalue weighted by atomic mass is 10.1. The minimum Gasteiger partial charge on any atom is -0.462 e. The van der Waals surface area contributed by atoms with Crippen LogP contribution >= 0.6 is 0 Å². The zero-order valence-corrected chi connectivity index (χ0v) is 10.1. The normalized spacial score (nSPS) is 14.3. The summed E-state index contributed by atoms with van der Waals surface area (Å²) in [5.41, 5.74) is 1.30. The van der Waals surface area contributed by atoms with Gasteiger partial charge in [0.05, 0.1) is 0 Å². The molecule has 0 saturated carbocycles. The maximum absolute atomic E-state index is 5.50. The molecule has 2 nitrogen and oxygen atoms in total. The van der Waals surface area contributed by atoms with E-state index in [1.54, 1.807) is 0 Å². The summed E-state index contributed by atoms with van der Waals surface area (Å²) in [4.78, 5) is 0. The summed E-state index contributed by atoms with van der Waals surface area (Å²) in [6.07, 6.45) is 3.26. The summed E-state index contributed by atoms with van der Waals surface area (Å²) in [6, 6.07) is 4.41. The first-order valence-corrected chi connectivity index (χ1v) is 5.61. The second-order valence-electron chi connectivity index (χ2n) is 4.01. The van der Waals surface area contributed by atoms with E-state index in [1.807, 2.05) is 19.1 Å². The molecule has 0 amide bonds. The number of nitrogens with one attached hydrogen (secondary N) is 1. The highest BCUT2D eigenvalue weighted by atomic mass is 16.3. The summed E-state index contributed by atoms with van der Waals surface area (Å²) >= 11 is 0. The van der Waals surface area contributed by atoms with E-state index in [-0.39, 0.29) is 0 Å². The number of hydrogen-bond acceptors (Lipinski definition) is 2. The highest BCUT2D eigenvalue weighted by Crippen LogP contribution is 2.12. The fourth-order valence-electron chi connectivity index (χ4n) is 1.40. The first kappa shape index (κ1) is 12.1. The van der Waals surface area contributed by atoms with Gasteiger partial charge in [-0.1, -0.05) is 12.5 Å². The lowest BCUT2D eigenvalue weighted by Gasteiger charge is -2.13. The van der Waals surface area contributed by atoms with Crippen molar-refractivity contribution in [2.75, 3.05) is 6.54 Å². The molecule has 0 fully saturated rings. The Bertz CT molecular complexity index is 325. The van der Waals surface area contributed by atoms with Crippen LogP contribution in [0.5, 0.6) is 0 Å². The number of aryl methyl sites for hydroxylation is 1. The molecule has 1 unspecified atom stereocenters. The van der Waals surface area contributed by atoms with Gasteiger partial charge >= 0.3 is 0 Å². The van der Waals surface area contributed by atoms with E-state index >= 15 is 0 Å². The largest absolute Gasteiger partial charge is 0.462 e. The second-order valence-corrected chi connectivity index (χ2v) is 4.01. The summed E-state index contributed by atoms with van der Waals surface area (Å²) in [6.45, 7) is 9.51. The Morgan fingerprint density at radius 1 is 1.53 bits per heavy atom. The lowest BCUT2D eigenvalue weighted by molar-refractivity contribution is 0.523. The Hall–Kier alpha value is -1.02. The Balaban J connectivity index is 2.58. The van der Waals surface area contributed by atoms with Crippen LogP contribution in [0.4, 0.5) is 0 Å². The molecule has 1 atom stereocenters. The smallest absolute Gasteiger partial charge is 0.127 e. The molecule has 0 saturated heterocycles. The molecule has 0 bridgehead atoms. The van der Waals surface area contributed by atoms with Crippen LogP contribution < -0.4 is 5.32 Å². The van der Waals surface area contributed by atoms with E-state index in [0.717, 1.165) is 24.5 Å². The van der Waals surface area contributed by atoms with E-state index in [1.165, 1.54) is 5.57 Å². The minimum atomic E-state index is 0.412. The Kier molecular flexibility index (Phi) is 4.63. The van der Waals surface area contributed by atoms with Gasteiger partial charge in [0.2, 0.25) is 0 Å². The van der Waals surface area contributed by atoms with E-state index in [9.17, 15) is 0 Å². The van der Waals surface area contributed by atoms with E-state index in [0.29, 0.717) is 6.04 Å². The van der Waals surface area contributed by atoms with Crippen molar-refractivity contribution in [3.05, 3.63) is 29.2 Å². The highest BCUT2D eigenvalue weighted by Gasteiger charge is 2.03. The first-order chi connectivity index (χ1) is 7.13. The second kappa shape index (κ2) is 5.76. The van der Waals surface area contributed by atoms with Crippen molar-refractivity contribution in [2.45, 2.75) is 40.2 Å². The number of furan rings is 1. The van der Waals surface area contributed by atoms with Crippen LogP contribution in [0.2, 0.25) is 0 Å². The van der Waals surface area contributed by atoms with Crippen molar-refractivity contribution in [3.63, 3.8) is 0 Å². The summed E-state index contributed by atoms with van der Waals surface area (Å²) < 4.78 is 5.50. The van der Waals surface area contributed by atoms with Gasteiger partial charge in [-0.25, -0.2) is 0 Å². The molecule has 0 aliphatic rings. The van der Waals surface area contributed by atoms with Crippen LogP contribution in [0.15, 0.2) is 22.1 Å². The van der Waals surface area contributed by atoms with Crippen molar-refractivity contribution in [2.24, 2.45) is 0 Å². The van der Waals surface area contributed by atoms with Gasteiger partial charge in [0.15, 0.2) is 0 Å². The zero-order chi connectivity index (χ0) is 11.3. The van der Waals surface area contributed by atoms with Gasteiger partial charge in [-0.3, -0.25) is 0 Å². The van der Waals surface area contributed by atoms with Crippen molar-refractivity contribution in [3.8, 4) is 0 Å². The quantitative estimate of drug-likeness (QED) is 0.800. The van der Waals surface area contributed by atoms with Gasteiger partial charge < -0.3 is 9.73 Å². The van der Waals surface area contributed by atoms with Gasteiger partial charge in [0, 0.05) is 6.04 Å². The van der Waals surface area contributed by atoms with Gasteiger partial charge in [0.25, 0.3) is 0 Å². The number of hydrogen-bond donors (Lipinski definition) is 1. The molecular weight excluding hydrogens is 186 g/mol. The first-order valence-electron chi connectivity index (χ1n) is 5.61. The Morgan fingerprint density at radius 3 is 2.80 bits per heavy atom. The van der Waals surface area contributed by atoms with Crippen molar-refractivity contribution in [1.29, 1.82) is 0 Å². The molecule has 84 valence electrons. The lowest BCUT2D eigenvalue weighted by Crippen LogP contribution is -2.27. The fraction of sp³-hybridized carbons (Fsp3) is 0.538. The van der Waals surface area contributed by atoms with Gasteiger partial charge in [-0.15, -0.1) is 0 Å². The molecule has 0 aliphatic carbocycles. The molecule has 0 radical (unpaired) electrons. The van der Waals surface area contributed by atoms with Crippen LogP contribution in [0.3, 0.4) is 0 Å². The molecule has 1 N–H and O–H groups in total. The van der Waals surface area contributed by atoms with Crippen LogP contribution in [0.25, 0.3) is 6.08 Å². The Labute approximate surface area is 92.4 Å². The monoisotopic (exact) mass is 207 g/mol. The SMILES string of the molecule is CCCNC(C)/C(C)=C/c1ccc(C)o1. The van der Waals surface area contributed by atoms with Crippen LogP contribution in [0.1, 0.15) is 38.7 Å². The Morgan fingerprint density at radius 2 is 2.27 bits per heavy atom. The molecule has 1 heterocycles. The van der Waals surface area contributed by atoms with Gasteiger partial charge in [-0.2, -0.15) is 0 Å². The molecule has 1 aromatic heterocycles. The predicted molar refractivity (Wildman–Crippen MR) is 64.9 cm³/mol. The van der Waals surface area contributed by atoms with Gasteiger partial charge in [-0.05, 0) is 51.9 Å². The summed E-state index contributed by atoms with van der Waals surface area (Å²) in [5, 5.41) is 3.45. The van der Waals surface area contributed by atoms with E-state index < -0.39 is 0 Å². The van der Waals surface area contributed by atoms with E-state index in [4.69, 9.17) is 4.42 Å². The molecule has 2 heteroatoms. The molecule has 0 aromatic carbocycles. The minimum absolute atomic E-state index is 0.412. The van der Waals surface area contributed by atoms with Crippen molar-refractivity contribution in [1.82, 2.24) is 5.32 Å². The maximum Gasteiger partial charge on any atom is 0.127 e. The summed E-state index contributed by atoms with van der Waals surface area (Å²) in [7, 11) is 0. The molecule has 15 heavy (non-hydrogen) atoms. The maximum atomic E-state index is 5.50. The topological polar surface area (TPSA) is 25.2 Å². The third-order valence-electron chi connectivity index (χ3n) is 2.51. The van der Waals surface area contributed by atoms with E-state index in [2.05, 4.69) is 32.2 Å². The highest BCUT2D eigenvalue weighted by molar-refractivity contribution is 5.48. The average molecular weight is 207 g/mol. The average Bonchev–Trinajstić information content (AvgIpc) is 2.60. The third-order valence-corrected chi connectivity index (χ3v) is 2.51. The molecule has 1 rings (SSSR count). The summed E-state index contributed by atoms with van der Waals surface area (Å²) in [5.74, 6) is 1.90. The number of rotatable bonds is 5.